The number of H-pyrrole nitrogens is 2. The first-order valence-corrected chi connectivity index (χ1v) is 5.03. The minimum Gasteiger partial charge on any atom is -0.369 e. The second kappa shape index (κ2) is 4.61. The molecule has 0 unspecified atom stereocenters. The van der Waals surface area contributed by atoms with Crippen LogP contribution in [-0.4, -0.2) is 26.5 Å². The maximum absolute atomic E-state index is 11.2. The van der Waals surface area contributed by atoms with Crippen molar-refractivity contribution in [2.75, 3.05) is 11.9 Å². The molecular weight excluding hydrogens is 206 g/mol. The standard InChI is InChI=1S/C10H13N5O/c1-7-14-9(4-10(16)15-7)12-3-2-8-5-11-6-13-8/h4-6H,2-3H2,1H3,(H,11,13)(H2,12,14,15,16). The van der Waals surface area contributed by atoms with Crippen molar-refractivity contribution >= 4 is 5.82 Å². The molecule has 0 aliphatic carbocycles. The molecule has 6 nitrogen and oxygen atoms in total. The van der Waals surface area contributed by atoms with E-state index in [0.717, 1.165) is 12.1 Å². The second-order valence-electron chi connectivity index (χ2n) is 3.47. The molecule has 2 heterocycles. The zero-order chi connectivity index (χ0) is 11.4. The van der Waals surface area contributed by atoms with Gasteiger partial charge in [0.25, 0.3) is 5.56 Å². The molecule has 0 spiro atoms. The highest BCUT2D eigenvalue weighted by atomic mass is 16.1. The summed E-state index contributed by atoms with van der Waals surface area (Å²) in [5, 5.41) is 3.09. The first-order valence-electron chi connectivity index (χ1n) is 5.03. The van der Waals surface area contributed by atoms with E-state index in [9.17, 15) is 4.79 Å². The minimum absolute atomic E-state index is 0.142. The van der Waals surface area contributed by atoms with Crippen molar-refractivity contribution in [1.82, 2.24) is 19.9 Å². The van der Waals surface area contributed by atoms with Crippen molar-refractivity contribution in [1.29, 1.82) is 0 Å². The molecule has 2 aromatic heterocycles. The first kappa shape index (κ1) is 10.4. The molecule has 0 bridgehead atoms. The maximum atomic E-state index is 11.2. The van der Waals surface area contributed by atoms with Crippen molar-refractivity contribution in [3.05, 3.63) is 40.5 Å². The summed E-state index contributed by atoms with van der Waals surface area (Å²) in [7, 11) is 0. The van der Waals surface area contributed by atoms with Crippen LogP contribution in [0.1, 0.15) is 11.5 Å². The molecule has 2 rings (SSSR count). The Bertz CT molecular complexity index is 502. The molecule has 0 fully saturated rings. The third-order valence-corrected chi connectivity index (χ3v) is 2.12. The number of hydrogen-bond acceptors (Lipinski definition) is 4. The summed E-state index contributed by atoms with van der Waals surface area (Å²) in [6.07, 6.45) is 4.23. The number of nitrogens with one attached hydrogen (secondary N) is 3. The molecule has 0 saturated heterocycles. The van der Waals surface area contributed by atoms with Gasteiger partial charge in [-0.2, -0.15) is 0 Å². The number of hydrogen-bond donors (Lipinski definition) is 3. The Hall–Kier alpha value is -2.11. The van der Waals surface area contributed by atoms with Gasteiger partial charge in [0.15, 0.2) is 0 Å². The predicted molar refractivity (Wildman–Crippen MR) is 60.4 cm³/mol. The highest BCUT2D eigenvalue weighted by molar-refractivity contribution is 5.32. The van der Waals surface area contributed by atoms with E-state index in [-0.39, 0.29) is 5.56 Å². The lowest BCUT2D eigenvalue weighted by atomic mass is 10.3. The van der Waals surface area contributed by atoms with Crippen molar-refractivity contribution in [3.63, 3.8) is 0 Å². The highest BCUT2D eigenvalue weighted by Crippen LogP contribution is 1.99. The van der Waals surface area contributed by atoms with Crippen molar-refractivity contribution in [3.8, 4) is 0 Å². The largest absolute Gasteiger partial charge is 0.369 e. The van der Waals surface area contributed by atoms with E-state index in [1.54, 1.807) is 19.4 Å². The Morgan fingerprint density at radius 3 is 3.06 bits per heavy atom. The SMILES string of the molecule is Cc1nc(NCCc2cnc[nH]2)cc(=O)[nH]1. The van der Waals surface area contributed by atoms with Crippen LogP contribution >= 0.6 is 0 Å². The molecule has 0 saturated carbocycles. The third kappa shape index (κ3) is 2.69. The number of nitrogens with zero attached hydrogens (tertiary/aromatic N) is 2. The van der Waals surface area contributed by atoms with Crippen LogP contribution in [-0.2, 0) is 6.42 Å². The molecule has 0 aromatic carbocycles. The zero-order valence-electron chi connectivity index (χ0n) is 8.95. The van der Waals surface area contributed by atoms with Crippen LogP contribution in [0.4, 0.5) is 5.82 Å². The molecular formula is C10H13N5O. The number of aromatic nitrogens is 4. The van der Waals surface area contributed by atoms with Crippen LogP contribution in [0.15, 0.2) is 23.4 Å². The van der Waals surface area contributed by atoms with Crippen LogP contribution in [0, 0.1) is 6.92 Å². The van der Waals surface area contributed by atoms with Gasteiger partial charge in [-0.15, -0.1) is 0 Å². The smallest absolute Gasteiger partial charge is 0.252 e. The highest BCUT2D eigenvalue weighted by Gasteiger charge is 1.98. The lowest BCUT2D eigenvalue weighted by Gasteiger charge is -2.04. The molecule has 0 radical (unpaired) electrons. The Balaban J connectivity index is 1.92. The molecule has 2 aromatic rings. The molecule has 84 valence electrons. The topological polar surface area (TPSA) is 86.5 Å². The average Bonchev–Trinajstić information content (AvgIpc) is 2.69. The molecule has 0 aliphatic heterocycles. The van der Waals surface area contributed by atoms with Crippen LogP contribution in [0.25, 0.3) is 0 Å². The van der Waals surface area contributed by atoms with E-state index in [4.69, 9.17) is 0 Å². The normalized spacial score (nSPS) is 10.3. The van der Waals surface area contributed by atoms with Gasteiger partial charge in [0.05, 0.1) is 6.33 Å². The van der Waals surface area contributed by atoms with Gasteiger partial charge >= 0.3 is 0 Å². The average molecular weight is 219 g/mol. The Kier molecular flexibility index (Phi) is 3.00. The summed E-state index contributed by atoms with van der Waals surface area (Å²) in [4.78, 5) is 24.8. The fourth-order valence-corrected chi connectivity index (χ4v) is 1.42. The van der Waals surface area contributed by atoms with Gasteiger partial charge in [-0.05, 0) is 6.92 Å². The van der Waals surface area contributed by atoms with Crippen LogP contribution in [0.3, 0.4) is 0 Å². The monoisotopic (exact) mass is 219 g/mol. The van der Waals surface area contributed by atoms with Crippen molar-refractivity contribution in [2.45, 2.75) is 13.3 Å². The molecule has 16 heavy (non-hydrogen) atoms. The van der Waals surface area contributed by atoms with Gasteiger partial charge in [-0.1, -0.05) is 0 Å². The summed E-state index contributed by atoms with van der Waals surface area (Å²) in [6, 6.07) is 1.44. The van der Waals surface area contributed by atoms with E-state index < -0.39 is 0 Å². The molecule has 0 aliphatic rings. The van der Waals surface area contributed by atoms with Gasteiger partial charge < -0.3 is 15.3 Å². The van der Waals surface area contributed by atoms with Gasteiger partial charge in [0, 0.05) is 30.9 Å². The summed E-state index contributed by atoms with van der Waals surface area (Å²) in [5.74, 6) is 1.21. The minimum atomic E-state index is -0.142. The molecule has 3 N–H and O–H groups in total. The summed E-state index contributed by atoms with van der Waals surface area (Å²) < 4.78 is 0. The van der Waals surface area contributed by atoms with Gasteiger partial charge in [-0.3, -0.25) is 4.79 Å². The van der Waals surface area contributed by atoms with E-state index >= 15 is 0 Å². The van der Waals surface area contributed by atoms with Crippen molar-refractivity contribution < 1.29 is 0 Å². The fourth-order valence-electron chi connectivity index (χ4n) is 1.42. The Morgan fingerprint density at radius 1 is 1.50 bits per heavy atom. The Morgan fingerprint density at radius 2 is 2.38 bits per heavy atom. The number of anilines is 1. The van der Waals surface area contributed by atoms with Gasteiger partial charge in [0.2, 0.25) is 0 Å². The van der Waals surface area contributed by atoms with E-state index in [1.807, 2.05) is 0 Å². The molecule has 0 amide bonds. The number of aromatic amines is 2. The van der Waals surface area contributed by atoms with Gasteiger partial charge in [-0.25, -0.2) is 9.97 Å². The van der Waals surface area contributed by atoms with E-state index in [1.165, 1.54) is 6.07 Å². The zero-order valence-corrected chi connectivity index (χ0v) is 8.95. The lowest BCUT2D eigenvalue weighted by Crippen LogP contribution is -2.13. The Labute approximate surface area is 92.2 Å². The van der Waals surface area contributed by atoms with E-state index in [0.29, 0.717) is 18.2 Å². The second-order valence-corrected chi connectivity index (χ2v) is 3.47. The predicted octanol–water partition coefficient (Wildman–Crippen LogP) is 0.456. The van der Waals surface area contributed by atoms with Gasteiger partial charge in [0.1, 0.15) is 11.6 Å². The summed E-state index contributed by atoms with van der Waals surface area (Å²) >= 11 is 0. The first-order chi connectivity index (χ1) is 7.74. The van der Waals surface area contributed by atoms with Crippen LogP contribution in [0.5, 0.6) is 0 Å². The third-order valence-electron chi connectivity index (χ3n) is 2.12. The fraction of sp³-hybridized carbons (Fsp3) is 0.300. The quantitative estimate of drug-likeness (QED) is 0.697. The number of aryl methyl sites for hydroxylation is 1. The summed E-state index contributed by atoms with van der Waals surface area (Å²) in [6.45, 7) is 2.46. The number of rotatable bonds is 4. The lowest BCUT2D eigenvalue weighted by molar-refractivity contribution is 0.948. The molecule has 6 heteroatoms. The van der Waals surface area contributed by atoms with Crippen LogP contribution < -0.4 is 10.9 Å². The van der Waals surface area contributed by atoms with E-state index in [2.05, 4.69) is 25.3 Å². The van der Waals surface area contributed by atoms with Crippen LogP contribution in [0.2, 0.25) is 0 Å². The summed E-state index contributed by atoms with van der Waals surface area (Å²) in [5.41, 5.74) is 0.908. The number of imidazole rings is 1. The maximum Gasteiger partial charge on any atom is 0.252 e. The van der Waals surface area contributed by atoms with Crippen molar-refractivity contribution in [2.24, 2.45) is 0 Å². The molecule has 0 atom stereocenters.